The number of nitrogens with one attached hydrogen (secondary N) is 2. The highest BCUT2D eigenvalue weighted by Gasteiger charge is 2.13. The van der Waals surface area contributed by atoms with Crippen molar-refractivity contribution in [3.63, 3.8) is 0 Å². The Balaban J connectivity index is 2.02. The van der Waals surface area contributed by atoms with Gasteiger partial charge in [0.15, 0.2) is 9.84 Å². The number of benzene rings is 2. The van der Waals surface area contributed by atoms with Gasteiger partial charge in [-0.2, -0.15) is 0 Å². The van der Waals surface area contributed by atoms with Crippen molar-refractivity contribution in [2.24, 2.45) is 0 Å². The highest BCUT2D eigenvalue weighted by Crippen LogP contribution is 2.16. The summed E-state index contributed by atoms with van der Waals surface area (Å²) in [6, 6.07) is 16.1. The molecule has 0 aliphatic rings. The van der Waals surface area contributed by atoms with Gasteiger partial charge in [-0.1, -0.05) is 42.5 Å². The second-order valence-corrected chi connectivity index (χ2v) is 7.68. The Morgan fingerprint density at radius 1 is 0.958 bits per heavy atom. The summed E-state index contributed by atoms with van der Waals surface area (Å²) in [5.41, 5.74) is 2.05. The van der Waals surface area contributed by atoms with Crippen molar-refractivity contribution in [3.05, 3.63) is 65.7 Å². The molecule has 0 fully saturated rings. The standard InChI is InChI=1S/C18H22N2O3S/c1-19-11-10-18(21)20-17-9-5-8-16(12-17)14-24(22,23)13-15-6-3-2-4-7-15/h2-9,12,19H,10-11,13-14H2,1H3,(H,20,21). The van der Waals surface area contributed by atoms with Gasteiger partial charge in [-0.15, -0.1) is 0 Å². The maximum absolute atomic E-state index is 12.3. The van der Waals surface area contributed by atoms with Crippen LogP contribution >= 0.6 is 0 Å². The summed E-state index contributed by atoms with van der Waals surface area (Å²) >= 11 is 0. The van der Waals surface area contributed by atoms with Crippen LogP contribution in [0.2, 0.25) is 0 Å². The molecule has 0 bridgehead atoms. The van der Waals surface area contributed by atoms with Crippen LogP contribution in [0.4, 0.5) is 5.69 Å². The van der Waals surface area contributed by atoms with E-state index in [9.17, 15) is 13.2 Å². The van der Waals surface area contributed by atoms with Crippen molar-refractivity contribution in [2.45, 2.75) is 17.9 Å². The van der Waals surface area contributed by atoms with Crippen LogP contribution in [-0.2, 0) is 26.1 Å². The number of carbonyl (C=O) groups excluding carboxylic acids is 1. The third-order valence-corrected chi connectivity index (χ3v) is 4.98. The van der Waals surface area contributed by atoms with Crippen LogP contribution < -0.4 is 10.6 Å². The number of hydrogen-bond acceptors (Lipinski definition) is 4. The number of anilines is 1. The molecule has 24 heavy (non-hydrogen) atoms. The Kier molecular flexibility index (Phi) is 6.52. The first-order chi connectivity index (χ1) is 11.5. The fourth-order valence-corrected chi connectivity index (χ4v) is 3.82. The van der Waals surface area contributed by atoms with Crippen molar-refractivity contribution in [3.8, 4) is 0 Å². The van der Waals surface area contributed by atoms with Gasteiger partial charge >= 0.3 is 0 Å². The third kappa shape index (κ3) is 6.14. The molecular weight excluding hydrogens is 324 g/mol. The average Bonchev–Trinajstić information content (AvgIpc) is 2.53. The third-order valence-electron chi connectivity index (χ3n) is 3.43. The fourth-order valence-electron chi connectivity index (χ4n) is 2.33. The molecule has 2 rings (SSSR count). The van der Waals surface area contributed by atoms with E-state index in [0.29, 0.717) is 24.2 Å². The quantitative estimate of drug-likeness (QED) is 0.769. The minimum Gasteiger partial charge on any atom is -0.326 e. The van der Waals surface area contributed by atoms with E-state index in [1.54, 1.807) is 43.4 Å². The van der Waals surface area contributed by atoms with Crippen LogP contribution in [-0.4, -0.2) is 27.9 Å². The molecule has 0 heterocycles. The van der Waals surface area contributed by atoms with Gasteiger partial charge in [-0.25, -0.2) is 8.42 Å². The van der Waals surface area contributed by atoms with Crippen molar-refractivity contribution in [2.75, 3.05) is 18.9 Å². The molecule has 2 N–H and O–H groups in total. The van der Waals surface area contributed by atoms with Crippen LogP contribution in [0.3, 0.4) is 0 Å². The van der Waals surface area contributed by atoms with Crippen molar-refractivity contribution in [1.29, 1.82) is 0 Å². The highest BCUT2D eigenvalue weighted by atomic mass is 32.2. The molecule has 0 aliphatic carbocycles. The van der Waals surface area contributed by atoms with Gasteiger partial charge in [0, 0.05) is 18.7 Å². The zero-order valence-corrected chi connectivity index (χ0v) is 14.5. The lowest BCUT2D eigenvalue weighted by atomic mass is 10.2. The molecule has 0 radical (unpaired) electrons. The van der Waals surface area contributed by atoms with Crippen LogP contribution in [0.25, 0.3) is 0 Å². The topological polar surface area (TPSA) is 75.3 Å². The molecule has 128 valence electrons. The van der Waals surface area contributed by atoms with Gasteiger partial charge < -0.3 is 10.6 Å². The normalized spacial score (nSPS) is 11.2. The molecule has 0 spiro atoms. The zero-order valence-electron chi connectivity index (χ0n) is 13.7. The van der Waals surface area contributed by atoms with Gasteiger partial charge in [0.1, 0.15) is 0 Å². The number of carbonyl (C=O) groups is 1. The van der Waals surface area contributed by atoms with Gasteiger partial charge in [0.25, 0.3) is 0 Å². The second-order valence-electron chi connectivity index (χ2n) is 5.62. The first-order valence-electron chi connectivity index (χ1n) is 7.76. The molecule has 5 nitrogen and oxygen atoms in total. The first-order valence-corrected chi connectivity index (χ1v) is 9.58. The predicted molar refractivity (Wildman–Crippen MR) is 96.4 cm³/mol. The summed E-state index contributed by atoms with van der Waals surface area (Å²) in [4.78, 5) is 11.7. The molecule has 2 aromatic rings. The van der Waals surface area contributed by atoms with E-state index >= 15 is 0 Å². The largest absolute Gasteiger partial charge is 0.326 e. The van der Waals surface area contributed by atoms with E-state index in [-0.39, 0.29) is 17.4 Å². The molecule has 1 amide bonds. The molecule has 0 saturated carbocycles. The number of amides is 1. The Morgan fingerprint density at radius 3 is 2.33 bits per heavy atom. The number of rotatable bonds is 8. The summed E-state index contributed by atoms with van der Waals surface area (Å²) in [6.07, 6.45) is 0.368. The van der Waals surface area contributed by atoms with Crippen molar-refractivity contribution >= 4 is 21.4 Å². The van der Waals surface area contributed by atoms with Crippen LogP contribution in [0.15, 0.2) is 54.6 Å². The summed E-state index contributed by atoms with van der Waals surface area (Å²) in [7, 11) is -1.49. The Bertz CT molecular complexity index is 774. The first kappa shape index (κ1) is 18.2. The molecule has 2 aromatic carbocycles. The summed E-state index contributed by atoms with van der Waals surface area (Å²) in [5.74, 6) is -0.150. The zero-order chi connectivity index (χ0) is 17.4. The Morgan fingerprint density at radius 2 is 1.62 bits per heavy atom. The van der Waals surface area contributed by atoms with Gasteiger partial charge in [0.2, 0.25) is 5.91 Å². The average molecular weight is 346 g/mol. The molecule has 0 saturated heterocycles. The second kappa shape index (κ2) is 8.61. The summed E-state index contributed by atoms with van der Waals surface area (Å²) < 4.78 is 24.7. The molecule has 6 heteroatoms. The highest BCUT2D eigenvalue weighted by molar-refractivity contribution is 7.89. The van der Waals surface area contributed by atoms with Crippen LogP contribution in [0.1, 0.15) is 17.5 Å². The van der Waals surface area contributed by atoms with E-state index in [0.717, 1.165) is 5.56 Å². The van der Waals surface area contributed by atoms with Gasteiger partial charge in [-0.3, -0.25) is 4.79 Å². The number of hydrogen-bond donors (Lipinski definition) is 2. The summed E-state index contributed by atoms with van der Waals surface area (Å²) in [6.45, 7) is 0.594. The molecule has 0 aromatic heterocycles. The predicted octanol–water partition coefficient (Wildman–Crippen LogP) is 2.35. The van der Waals surface area contributed by atoms with E-state index in [2.05, 4.69) is 10.6 Å². The van der Waals surface area contributed by atoms with E-state index < -0.39 is 9.84 Å². The molecular formula is C18H22N2O3S. The molecule has 0 aliphatic heterocycles. The Hall–Kier alpha value is -2.18. The minimum absolute atomic E-state index is 0.00654. The van der Waals surface area contributed by atoms with Crippen molar-refractivity contribution < 1.29 is 13.2 Å². The van der Waals surface area contributed by atoms with E-state index in [4.69, 9.17) is 0 Å². The smallest absolute Gasteiger partial charge is 0.225 e. The van der Waals surface area contributed by atoms with Crippen LogP contribution in [0, 0.1) is 0 Å². The lowest BCUT2D eigenvalue weighted by molar-refractivity contribution is -0.116. The fraction of sp³-hybridized carbons (Fsp3) is 0.278. The maximum Gasteiger partial charge on any atom is 0.225 e. The van der Waals surface area contributed by atoms with Gasteiger partial charge in [-0.05, 0) is 30.3 Å². The molecule has 0 atom stereocenters. The Labute approximate surface area is 143 Å². The maximum atomic E-state index is 12.3. The van der Waals surface area contributed by atoms with Crippen LogP contribution in [0.5, 0.6) is 0 Å². The minimum atomic E-state index is -3.27. The summed E-state index contributed by atoms with van der Waals surface area (Å²) in [5, 5.41) is 5.69. The monoisotopic (exact) mass is 346 g/mol. The SMILES string of the molecule is CNCCC(=O)Nc1cccc(CS(=O)(=O)Cc2ccccc2)c1. The van der Waals surface area contributed by atoms with E-state index in [1.807, 2.05) is 18.2 Å². The lowest BCUT2D eigenvalue weighted by Crippen LogP contribution is -2.18. The molecule has 0 unspecified atom stereocenters. The van der Waals surface area contributed by atoms with Gasteiger partial charge in [0.05, 0.1) is 11.5 Å². The van der Waals surface area contributed by atoms with Crippen molar-refractivity contribution in [1.82, 2.24) is 5.32 Å². The number of sulfone groups is 1. The lowest BCUT2D eigenvalue weighted by Gasteiger charge is -2.08. The van der Waals surface area contributed by atoms with E-state index in [1.165, 1.54) is 0 Å².